The van der Waals surface area contributed by atoms with Gasteiger partial charge in [-0.15, -0.1) is 0 Å². The van der Waals surface area contributed by atoms with Gasteiger partial charge in [0.1, 0.15) is 6.04 Å². The molecule has 4 nitrogen and oxygen atoms in total. The van der Waals surface area contributed by atoms with Gasteiger partial charge in [0.15, 0.2) is 0 Å². The molecule has 4 heteroatoms. The molecule has 2 N–H and O–H groups in total. The van der Waals surface area contributed by atoms with E-state index in [9.17, 15) is 9.59 Å². The lowest BCUT2D eigenvalue weighted by atomic mass is 10.0. The minimum absolute atomic E-state index is 0.115. The Bertz CT molecular complexity index is 641. The fourth-order valence-electron chi connectivity index (χ4n) is 2.44. The molecule has 120 valence electrons. The number of carbonyl (C=O) groups excluding carboxylic acids is 2. The highest BCUT2D eigenvalue weighted by atomic mass is 16.2. The molecule has 0 bridgehead atoms. The molecule has 0 heterocycles. The predicted molar refractivity (Wildman–Crippen MR) is 90.8 cm³/mol. The molecule has 0 spiro atoms. The number of benzene rings is 2. The van der Waals surface area contributed by atoms with E-state index in [-0.39, 0.29) is 17.9 Å². The second kappa shape index (κ2) is 8.13. The van der Waals surface area contributed by atoms with Gasteiger partial charge in [-0.1, -0.05) is 60.7 Å². The minimum Gasteiger partial charge on any atom is -0.348 e. The Balaban J connectivity index is 2.05. The third-order valence-electron chi connectivity index (χ3n) is 3.63. The van der Waals surface area contributed by atoms with Crippen LogP contribution in [0.25, 0.3) is 0 Å². The van der Waals surface area contributed by atoms with Gasteiger partial charge < -0.3 is 10.6 Å². The summed E-state index contributed by atoms with van der Waals surface area (Å²) in [5, 5.41) is 5.70. The first-order chi connectivity index (χ1) is 11.1. The van der Waals surface area contributed by atoms with Crippen molar-refractivity contribution in [3.05, 3.63) is 71.8 Å². The number of amides is 2. The topological polar surface area (TPSA) is 58.2 Å². The van der Waals surface area contributed by atoms with Crippen LogP contribution >= 0.6 is 0 Å². The summed E-state index contributed by atoms with van der Waals surface area (Å²) in [7, 11) is 0. The number of carbonyl (C=O) groups is 2. The number of rotatable bonds is 6. The molecule has 0 aliphatic rings. The molecule has 2 amide bonds. The Kier molecular flexibility index (Phi) is 5.92. The molecule has 2 aromatic rings. The maximum Gasteiger partial charge on any atom is 0.243 e. The van der Waals surface area contributed by atoms with Crippen LogP contribution in [0.1, 0.15) is 31.0 Å². The summed E-state index contributed by atoms with van der Waals surface area (Å²) in [4.78, 5) is 24.0. The second-order valence-electron chi connectivity index (χ2n) is 5.58. The van der Waals surface area contributed by atoms with Gasteiger partial charge in [-0.2, -0.15) is 0 Å². The molecule has 23 heavy (non-hydrogen) atoms. The van der Waals surface area contributed by atoms with E-state index in [0.717, 1.165) is 11.1 Å². The standard InChI is InChI=1S/C19H22N2O2/c1-14(17-11-7-4-8-12-17)20-19(23)18(21-15(2)22)13-16-9-5-3-6-10-16/h3-12,14,18H,13H2,1-2H3,(H,20,23)(H,21,22)/t14-,18-/m1/s1. The van der Waals surface area contributed by atoms with Gasteiger partial charge >= 0.3 is 0 Å². The van der Waals surface area contributed by atoms with E-state index in [0.29, 0.717) is 6.42 Å². The summed E-state index contributed by atoms with van der Waals surface area (Å²) in [6.45, 7) is 3.35. The minimum atomic E-state index is -0.582. The highest BCUT2D eigenvalue weighted by molar-refractivity contribution is 5.87. The van der Waals surface area contributed by atoms with E-state index in [1.165, 1.54) is 6.92 Å². The van der Waals surface area contributed by atoms with Gasteiger partial charge in [0.2, 0.25) is 11.8 Å². The zero-order chi connectivity index (χ0) is 16.7. The fraction of sp³-hybridized carbons (Fsp3) is 0.263. The predicted octanol–water partition coefficient (Wildman–Crippen LogP) is 2.61. The van der Waals surface area contributed by atoms with Crippen LogP contribution in [0.15, 0.2) is 60.7 Å². The Morgan fingerprint density at radius 2 is 1.48 bits per heavy atom. The van der Waals surface area contributed by atoms with E-state index in [4.69, 9.17) is 0 Å². The van der Waals surface area contributed by atoms with E-state index in [2.05, 4.69) is 10.6 Å². The third-order valence-corrected chi connectivity index (χ3v) is 3.63. The van der Waals surface area contributed by atoms with E-state index < -0.39 is 6.04 Å². The fourth-order valence-corrected chi connectivity index (χ4v) is 2.44. The van der Waals surface area contributed by atoms with Gasteiger partial charge in [0.25, 0.3) is 0 Å². The van der Waals surface area contributed by atoms with Crippen molar-refractivity contribution < 1.29 is 9.59 Å². The number of hydrogen-bond donors (Lipinski definition) is 2. The molecule has 0 unspecified atom stereocenters. The van der Waals surface area contributed by atoms with Crippen LogP contribution in [0, 0.1) is 0 Å². The van der Waals surface area contributed by atoms with Crippen molar-refractivity contribution in [2.24, 2.45) is 0 Å². The second-order valence-corrected chi connectivity index (χ2v) is 5.58. The lowest BCUT2D eigenvalue weighted by Crippen LogP contribution is -2.47. The summed E-state index contributed by atoms with van der Waals surface area (Å²) in [5.74, 6) is -0.395. The molecule has 2 atom stereocenters. The molecule has 2 rings (SSSR count). The average Bonchev–Trinajstić information content (AvgIpc) is 2.55. The quantitative estimate of drug-likeness (QED) is 0.861. The smallest absolute Gasteiger partial charge is 0.243 e. The molecule has 0 radical (unpaired) electrons. The average molecular weight is 310 g/mol. The normalized spacial score (nSPS) is 13.0. The molecule has 2 aromatic carbocycles. The Morgan fingerprint density at radius 3 is 2.04 bits per heavy atom. The maximum atomic E-state index is 12.5. The summed E-state index contributed by atoms with van der Waals surface area (Å²) < 4.78 is 0. The molecular weight excluding hydrogens is 288 g/mol. The van der Waals surface area contributed by atoms with Crippen LogP contribution in [0.5, 0.6) is 0 Å². The summed E-state index contributed by atoms with van der Waals surface area (Å²) in [6.07, 6.45) is 0.466. The van der Waals surface area contributed by atoms with Gasteiger partial charge in [-0.05, 0) is 18.1 Å². The number of hydrogen-bond acceptors (Lipinski definition) is 2. The van der Waals surface area contributed by atoms with Crippen molar-refractivity contribution in [3.63, 3.8) is 0 Å². The highest BCUT2D eigenvalue weighted by Gasteiger charge is 2.21. The van der Waals surface area contributed by atoms with Crippen LogP contribution in [0.2, 0.25) is 0 Å². The van der Waals surface area contributed by atoms with Crippen LogP contribution in [0.3, 0.4) is 0 Å². The molecule has 0 aliphatic carbocycles. The maximum absolute atomic E-state index is 12.5. The van der Waals surface area contributed by atoms with Crippen LogP contribution in [0.4, 0.5) is 0 Å². The van der Waals surface area contributed by atoms with Crippen LogP contribution in [-0.4, -0.2) is 17.9 Å². The van der Waals surface area contributed by atoms with Crippen molar-refractivity contribution in [1.82, 2.24) is 10.6 Å². The summed E-state index contributed by atoms with van der Waals surface area (Å²) >= 11 is 0. The Labute approximate surface area is 136 Å². The lowest BCUT2D eigenvalue weighted by Gasteiger charge is -2.21. The first-order valence-corrected chi connectivity index (χ1v) is 7.72. The van der Waals surface area contributed by atoms with Gasteiger partial charge in [-0.3, -0.25) is 9.59 Å². The SMILES string of the molecule is CC(=O)N[C@H](Cc1ccccc1)C(=O)N[C@H](C)c1ccccc1. The van der Waals surface area contributed by atoms with Gasteiger partial charge in [-0.25, -0.2) is 0 Å². The van der Waals surface area contributed by atoms with Crippen molar-refractivity contribution in [2.45, 2.75) is 32.4 Å². The molecule has 0 aromatic heterocycles. The van der Waals surface area contributed by atoms with Crippen LogP contribution < -0.4 is 10.6 Å². The van der Waals surface area contributed by atoms with E-state index in [1.54, 1.807) is 0 Å². The first kappa shape index (κ1) is 16.7. The van der Waals surface area contributed by atoms with Gasteiger partial charge in [0.05, 0.1) is 6.04 Å². The van der Waals surface area contributed by atoms with Crippen LogP contribution in [-0.2, 0) is 16.0 Å². The van der Waals surface area contributed by atoms with E-state index in [1.807, 2.05) is 67.6 Å². The lowest BCUT2D eigenvalue weighted by molar-refractivity contribution is -0.128. The molecule has 0 fully saturated rings. The number of nitrogens with one attached hydrogen (secondary N) is 2. The summed E-state index contributed by atoms with van der Waals surface area (Å²) in [5.41, 5.74) is 2.04. The molecule has 0 saturated heterocycles. The molecule has 0 aliphatic heterocycles. The van der Waals surface area contributed by atoms with Crippen molar-refractivity contribution in [2.75, 3.05) is 0 Å². The largest absolute Gasteiger partial charge is 0.348 e. The zero-order valence-corrected chi connectivity index (χ0v) is 13.5. The summed E-state index contributed by atoms with van der Waals surface area (Å²) in [6, 6.07) is 18.7. The molecular formula is C19H22N2O2. The van der Waals surface area contributed by atoms with E-state index >= 15 is 0 Å². The van der Waals surface area contributed by atoms with Crippen molar-refractivity contribution in [1.29, 1.82) is 0 Å². The Morgan fingerprint density at radius 1 is 0.913 bits per heavy atom. The van der Waals surface area contributed by atoms with Gasteiger partial charge in [0, 0.05) is 13.3 Å². The monoisotopic (exact) mass is 310 g/mol. The zero-order valence-electron chi connectivity index (χ0n) is 13.5. The third kappa shape index (κ3) is 5.25. The highest BCUT2D eigenvalue weighted by Crippen LogP contribution is 2.12. The van der Waals surface area contributed by atoms with Crippen molar-refractivity contribution >= 4 is 11.8 Å². The molecule has 0 saturated carbocycles. The first-order valence-electron chi connectivity index (χ1n) is 7.72. The van der Waals surface area contributed by atoms with Crippen molar-refractivity contribution in [3.8, 4) is 0 Å². The Hall–Kier alpha value is -2.62.